The van der Waals surface area contributed by atoms with E-state index in [0.717, 1.165) is 54.4 Å². The quantitative estimate of drug-likeness (QED) is 0.466. The zero-order valence-electron chi connectivity index (χ0n) is 16.9. The molecule has 2 aromatic rings. The molecule has 150 valence electrons. The molecule has 0 bridgehead atoms. The lowest BCUT2D eigenvalue weighted by Crippen LogP contribution is -2.38. The summed E-state index contributed by atoms with van der Waals surface area (Å²) in [7, 11) is 1.66. The number of thioether (sulfide) groups is 1. The minimum atomic E-state index is 0.0617. The van der Waals surface area contributed by atoms with Crippen LogP contribution in [0.5, 0.6) is 11.5 Å². The Labute approximate surface area is 172 Å². The van der Waals surface area contributed by atoms with Gasteiger partial charge in [0.25, 0.3) is 0 Å². The van der Waals surface area contributed by atoms with Gasteiger partial charge in [0.2, 0.25) is 0 Å². The molecule has 0 saturated carbocycles. The maximum atomic E-state index is 13.1. The van der Waals surface area contributed by atoms with Gasteiger partial charge in [0.15, 0.2) is 17.3 Å². The predicted octanol–water partition coefficient (Wildman–Crippen LogP) is 4.91. The minimum absolute atomic E-state index is 0.0617. The molecule has 0 spiro atoms. The highest BCUT2D eigenvalue weighted by atomic mass is 32.2. The van der Waals surface area contributed by atoms with Crippen LogP contribution in [0.2, 0.25) is 0 Å². The summed E-state index contributed by atoms with van der Waals surface area (Å²) in [6, 6.07) is 14.0. The van der Waals surface area contributed by atoms with Crippen LogP contribution in [0.4, 0.5) is 0 Å². The van der Waals surface area contributed by atoms with E-state index in [1.807, 2.05) is 43.5 Å². The number of benzene rings is 2. The Morgan fingerprint density at radius 3 is 2.79 bits per heavy atom. The molecular formula is C23H29NO3S. The van der Waals surface area contributed by atoms with Gasteiger partial charge in [-0.3, -0.25) is 9.69 Å². The van der Waals surface area contributed by atoms with E-state index < -0.39 is 0 Å². The Bertz CT molecular complexity index is 808. The lowest BCUT2D eigenvalue weighted by atomic mass is 9.89. The molecule has 1 aliphatic heterocycles. The number of methoxy groups -OCH3 is 1. The van der Waals surface area contributed by atoms with Crippen molar-refractivity contribution in [3.63, 3.8) is 0 Å². The summed E-state index contributed by atoms with van der Waals surface area (Å²) in [6.07, 6.45) is 4.04. The first kappa shape index (κ1) is 20.7. The monoisotopic (exact) mass is 399 g/mol. The largest absolute Gasteiger partial charge is 0.493 e. The highest BCUT2D eigenvalue weighted by Crippen LogP contribution is 2.30. The average molecular weight is 400 g/mol. The molecule has 1 saturated heterocycles. The zero-order valence-corrected chi connectivity index (χ0v) is 17.8. The molecule has 4 nitrogen and oxygen atoms in total. The van der Waals surface area contributed by atoms with Gasteiger partial charge >= 0.3 is 0 Å². The van der Waals surface area contributed by atoms with Crippen molar-refractivity contribution < 1.29 is 14.3 Å². The fourth-order valence-corrected chi connectivity index (χ4v) is 4.43. The highest BCUT2D eigenvalue weighted by molar-refractivity contribution is 7.98. The molecular weight excluding hydrogens is 370 g/mol. The second-order valence-corrected chi connectivity index (χ2v) is 7.91. The van der Waals surface area contributed by atoms with Crippen molar-refractivity contribution in [3.8, 4) is 11.5 Å². The number of hydrogen-bond donors (Lipinski definition) is 0. The van der Waals surface area contributed by atoms with Crippen LogP contribution in [0.3, 0.4) is 0 Å². The maximum absolute atomic E-state index is 13.1. The van der Waals surface area contributed by atoms with Gasteiger partial charge in [-0.15, -0.1) is 11.8 Å². The third kappa shape index (κ3) is 4.89. The van der Waals surface area contributed by atoms with Crippen LogP contribution in [0.15, 0.2) is 47.4 Å². The van der Waals surface area contributed by atoms with Crippen LogP contribution < -0.4 is 9.47 Å². The minimum Gasteiger partial charge on any atom is -0.493 e. The van der Waals surface area contributed by atoms with E-state index in [-0.39, 0.29) is 11.7 Å². The number of carbonyl (C=O) groups excluding carboxylic acids is 1. The fraction of sp³-hybridized carbons (Fsp3) is 0.435. The number of likely N-dealkylation sites (tertiary alicyclic amines) is 1. The number of nitrogens with zero attached hydrogens (tertiary/aromatic N) is 1. The second kappa shape index (κ2) is 9.99. The second-order valence-electron chi connectivity index (χ2n) is 7.06. The molecule has 0 N–H and O–H groups in total. The Kier molecular flexibility index (Phi) is 7.40. The molecule has 1 aliphatic rings. The van der Waals surface area contributed by atoms with Gasteiger partial charge in [0, 0.05) is 29.5 Å². The van der Waals surface area contributed by atoms with Crippen LogP contribution >= 0.6 is 11.8 Å². The van der Waals surface area contributed by atoms with Gasteiger partial charge in [-0.1, -0.05) is 24.3 Å². The number of ketones is 1. The van der Waals surface area contributed by atoms with Crippen molar-refractivity contribution in [3.05, 3.63) is 53.6 Å². The van der Waals surface area contributed by atoms with Crippen LogP contribution in [-0.2, 0) is 6.54 Å². The zero-order chi connectivity index (χ0) is 19.9. The molecule has 0 aromatic heterocycles. The predicted molar refractivity (Wildman–Crippen MR) is 115 cm³/mol. The van der Waals surface area contributed by atoms with E-state index >= 15 is 0 Å². The fourth-order valence-electron chi connectivity index (χ4n) is 3.83. The summed E-state index contributed by atoms with van der Waals surface area (Å²) in [5.41, 5.74) is 2.05. The summed E-state index contributed by atoms with van der Waals surface area (Å²) < 4.78 is 11.1. The van der Waals surface area contributed by atoms with E-state index in [9.17, 15) is 4.79 Å². The molecule has 1 atom stereocenters. The molecule has 1 fully saturated rings. The van der Waals surface area contributed by atoms with Crippen molar-refractivity contribution in [1.82, 2.24) is 4.90 Å². The number of piperidine rings is 1. The van der Waals surface area contributed by atoms with Crippen LogP contribution in [0.1, 0.15) is 35.7 Å². The summed E-state index contributed by atoms with van der Waals surface area (Å²) in [5, 5.41) is 0. The molecule has 0 radical (unpaired) electrons. The van der Waals surface area contributed by atoms with E-state index in [1.54, 1.807) is 18.9 Å². The first-order valence-electron chi connectivity index (χ1n) is 9.85. The third-order valence-corrected chi connectivity index (χ3v) is 5.98. The SMILES string of the molecule is CCOc1cc(CN2CCC[C@H](C(=O)c3ccccc3SC)C2)ccc1OC. The van der Waals surface area contributed by atoms with E-state index in [4.69, 9.17) is 9.47 Å². The Morgan fingerprint density at radius 1 is 1.21 bits per heavy atom. The molecule has 28 heavy (non-hydrogen) atoms. The first-order chi connectivity index (χ1) is 13.7. The molecule has 0 aliphatic carbocycles. The van der Waals surface area contributed by atoms with Crippen molar-refractivity contribution in [1.29, 1.82) is 0 Å². The molecule has 5 heteroatoms. The summed E-state index contributed by atoms with van der Waals surface area (Å²) in [5.74, 6) is 1.87. The van der Waals surface area contributed by atoms with Crippen LogP contribution in [-0.4, -0.2) is 43.7 Å². The van der Waals surface area contributed by atoms with Crippen molar-refractivity contribution >= 4 is 17.5 Å². The lowest BCUT2D eigenvalue weighted by Gasteiger charge is -2.32. The lowest BCUT2D eigenvalue weighted by molar-refractivity contribution is 0.0808. The number of rotatable bonds is 8. The van der Waals surface area contributed by atoms with Crippen molar-refractivity contribution in [2.45, 2.75) is 31.2 Å². The molecule has 3 rings (SSSR count). The number of carbonyl (C=O) groups is 1. The number of Topliss-reactive ketones (excluding diaryl/α,β-unsaturated/α-hetero) is 1. The van der Waals surface area contributed by atoms with Crippen molar-refractivity contribution in [2.75, 3.05) is 33.1 Å². The van der Waals surface area contributed by atoms with E-state index in [1.165, 1.54) is 5.56 Å². The Morgan fingerprint density at radius 2 is 2.04 bits per heavy atom. The summed E-state index contributed by atoms with van der Waals surface area (Å²) >= 11 is 1.64. The van der Waals surface area contributed by atoms with Gasteiger partial charge in [0.1, 0.15) is 0 Å². The maximum Gasteiger partial charge on any atom is 0.168 e. The molecule has 0 unspecified atom stereocenters. The number of ether oxygens (including phenoxy) is 2. The van der Waals surface area contributed by atoms with Gasteiger partial charge in [-0.2, -0.15) is 0 Å². The first-order valence-corrected chi connectivity index (χ1v) is 11.1. The molecule has 0 amide bonds. The van der Waals surface area contributed by atoms with Crippen LogP contribution in [0.25, 0.3) is 0 Å². The third-order valence-electron chi connectivity index (χ3n) is 5.18. The van der Waals surface area contributed by atoms with Gasteiger partial charge in [-0.05, 0) is 56.3 Å². The van der Waals surface area contributed by atoms with E-state index in [0.29, 0.717) is 6.61 Å². The van der Waals surface area contributed by atoms with E-state index in [2.05, 4.69) is 17.0 Å². The summed E-state index contributed by atoms with van der Waals surface area (Å²) in [4.78, 5) is 16.6. The van der Waals surface area contributed by atoms with Crippen molar-refractivity contribution in [2.24, 2.45) is 5.92 Å². The van der Waals surface area contributed by atoms with Crippen LogP contribution in [0, 0.1) is 5.92 Å². The smallest absolute Gasteiger partial charge is 0.168 e. The normalized spacial score (nSPS) is 17.3. The topological polar surface area (TPSA) is 38.8 Å². The standard InChI is InChI=1S/C23H29NO3S/c1-4-27-21-14-17(11-12-20(21)26-2)15-24-13-7-8-18(16-24)23(25)19-9-5-6-10-22(19)28-3/h5-6,9-12,14,18H,4,7-8,13,15-16H2,1-3H3/t18-/m0/s1. The summed E-state index contributed by atoms with van der Waals surface area (Å²) in [6.45, 7) is 5.22. The Hall–Kier alpha value is -1.98. The van der Waals surface area contributed by atoms with Gasteiger partial charge < -0.3 is 9.47 Å². The van der Waals surface area contributed by atoms with Gasteiger partial charge in [-0.25, -0.2) is 0 Å². The number of hydrogen-bond acceptors (Lipinski definition) is 5. The average Bonchev–Trinajstić information content (AvgIpc) is 2.74. The van der Waals surface area contributed by atoms with Gasteiger partial charge in [0.05, 0.1) is 13.7 Å². The Balaban J connectivity index is 1.70. The molecule has 2 aromatic carbocycles. The molecule has 1 heterocycles. The highest BCUT2D eigenvalue weighted by Gasteiger charge is 2.27.